The number of hydrogen-bond donors (Lipinski definition) is 1. The third-order valence-electron chi connectivity index (χ3n) is 5.35. The summed E-state index contributed by atoms with van der Waals surface area (Å²) in [7, 11) is 0. The van der Waals surface area contributed by atoms with Gasteiger partial charge in [-0.25, -0.2) is 4.98 Å². The zero-order valence-corrected chi connectivity index (χ0v) is 12.9. The van der Waals surface area contributed by atoms with E-state index in [1.165, 1.54) is 44.5 Å². The molecule has 2 aliphatic rings. The van der Waals surface area contributed by atoms with Gasteiger partial charge in [0.25, 0.3) is 0 Å². The summed E-state index contributed by atoms with van der Waals surface area (Å²) in [6.07, 6.45) is 9.29. The molecule has 112 valence electrons. The molecule has 0 bridgehead atoms. The summed E-state index contributed by atoms with van der Waals surface area (Å²) < 4.78 is 2.43. The minimum Gasteiger partial charge on any atom is -0.332 e. The van der Waals surface area contributed by atoms with Gasteiger partial charge < -0.3 is 9.88 Å². The second kappa shape index (κ2) is 5.86. The summed E-state index contributed by atoms with van der Waals surface area (Å²) in [6, 6.07) is 0.707. The smallest absolute Gasteiger partial charge is 0.0948 e. The Morgan fingerprint density at radius 2 is 2.20 bits per heavy atom. The number of rotatable bonds is 4. The first kappa shape index (κ1) is 14.1. The molecule has 1 N–H and O–H groups in total. The maximum atomic E-state index is 4.46. The highest BCUT2D eigenvalue weighted by Gasteiger charge is 2.33. The van der Waals surface area contributed by atoms with Gasteiger partial charge in [0.05, 0.1) is 6.33 Å². The Bertz CT molecular complexity index is 433. The van der Waals surface area contributed by atoms with Crippen molar-refractivity contribution in [2.45, 2.75) is 57.5 Å². The van der Waals surface area contributed by atoms with Crippen LogP contribution in [0.25, 0.3) is 0 Å². The minimum atomic E-state index is 0.303. The monoisotopic (exact) mass is 276 g/mol. The third-order valence-corrected chi connectivity index (χ3v) is 5.35. The second-order valence-corrected chi connectivity index (χ2v) is 6.67. The lowest BCUT2D eigenvalue weighted by Gasteiger charge is -2.35. The van der Waals surface area contributed by atoms with Gasteiger partial charge in [0, 0.05) is 29.9 Å². The summed E-state index contributed by atoms with van der Waals surface area (Å²) >= 11 is 0. The van der Waals surface area contributed by atoms with Crippen LogP contribution in [0.4, 0.5) is 0 Å². The molecule has 3 rings (SSSR count). The number of nitrogens with one attached hydrogen (secondary N) is 1. The molecule has 4 nitrogen and oxygen atoms in total. The Hall–Kier alpha value is -0.870. The van der Waals surface area contributed by atoms with Crippen LogP contribution in [0.3, 0.4) is 0 Å². The van der Waals surface area contributed by atoms with Crippen molar-refractivity contribution >= 4 is 0 Å². The molecule has 0 saturated carbocycles. The Morgan fingerprint density at radius 3 is 2.95 bits per heavy atom. The number of nitrogens with zero attached hydrogens (tertiary/aromatic N) is 3. The Labute approximate surface area is 122 Å². The van der Waals surface area contributed by atoms with Gasteiger partial charge in [-0.15, -0.1) is 0 Å². The lowest BCUT2D eigenvalue weighted by atomic mass is 9.78. The van der Waals surface area contributed by atoms with Crippen molar-refractivity contribution < 1.29 is 0 Å². The predicted octanol–water partition coefficient (Wildman–Crippen LogP) is 2.01. The first-order chi connectivity index (χ1) is 9.73. The quantitative estimate of drug-likeness (QED) is 0.913. The van der Waals surface area contributed by atoms with Crippen LogP contribution in [-0.2, 0) is 12.0 Å². The van der Waals surface area contributed by atoms with Crippen LogP contribution in [0.5, 0.6) is 0 Å². The van der Waals surface area contributed by atoms with Crippen LogP contribution in [0.2, 0.25) is 0 Å². The first-order valence-electron chi connectivity index (χ1n) is 8.18. The van der Waals surface area contributed by atoms with E-state index in [0.717, 1.165) is 19.6 Å². The summed E-state index contributed by atoms with van der Waals surface area (Å²) in [5.41, 5.74) is 1.75. The molecule has 2 fully saturated rings. The number of hydrogen-bond acceptors (Lipinski definition) is 3. The van der Waals surface area contributed by atoms with Crippen molar-refractivity contribution in [2.75, 3.05) is 26.2 Å². The number of likely N-dealkylation sites (N-methyl/N-ethyl adjacent to an activating group) is 1. The molecule has 0 radical (unpaired) electrons. The van der Waals surface area contributed by atoms with Gasteiger partial charge in [-0.3, -0.25) is 4.90 Å². The highest BCUT2D eigenvalue weighted by molar-refractivity contribution is 5.15. The van der Waals surface area contributed by atoms with E-state index in [9.17, 15) is 0 Å². The van der Waals surface area contributed by atoms with E-state index in [-0.39, 0.29) is 0 Å². The average molecular weight is 276 g/mol. The number of imidazole rings is 1. The van der Waals surface area contributed by atoms with Crippen LogP contribution in [0, 0.1) is 0 Å². The highest BCUT2D eigenvalue weighted by Crippen LogP contribution is 2.33. The Balaban J connectivity index is 1.76. The van der Waals surface area contributed by atoms with Crippen LogP contribution in [0.1, 0.15) is 45.2 Å². The minimum absolute atomic E-state index is 0.303. The molecule has 0 aromatic carbocycles. The molecule has 2 saturated heterocycles. The Kier molecular flexibility index (Phi) is 4.13. The van der Waals surface area contributed by atoms with Gasteiger partial charge in [0.1, 0.15) is 0 Å². The number of aromatic nitrogens is 2. The zero-order valence-electron chi connectivity index (χ0n) is 12.9. The summed E-state index contributed by atoms with van der Waals surface area (Å²) in [5.74, 6) is 0. The molecule has 1 atom stereocenters. The fourth-order valence-corrected chi connectivity index (χ4v) is 3.95. The van der Waals surface area contributed by atoms with Gasteiger partial charge in [-0.1, -0.05) is 13.8 Å². The van der Waals surface area contributed by atoms with Gasteiger partial charge in [-0.2, -0.15) is 0 Å². The maximum Gasteiger partial charge on any atom is 0.0948 e. The predicted molar refractivity (Wildman–Crippen MR) is 82.0 cm³/mol. The number of piperidine rings is 1. The molecule has 1 unspecified atom stereocenters. The van der Waals surface area contributed by atoms with Crippen LogP contribution in [0.15, 0.2) is 12.5 Å². The molecule has 2 aliphatic heterocycles. The van der Waals surface area contributed by atoms with Gasteiger partial charge >= 0.3 is 0 Å². The van der Waals surface area contributed by atoms with E-state index in [1.54, 1.807) is 0 Å². The van der Waals surface area contributed by atoms with Gasteiger partial charge in [0.2, 0.25) is 0 Å². The topological polar surface area (TPSA) is 33.1 Å². The Morgan fingerprint density at radius 1 is 1.40 bits per heavy atom. The summed E-state index contributed by atoms with van der Waals surface area (Å²) in [4.78, 5) is 7.08. The molecule has 0 spiro atoms. The summed E-state index contributed by atoms with van der Waals surface area (Å²) in [6.45, 7) is 10.5. The average Bonchev–Trinajstić information content (AvgIpc) is 3.09. The van der Waals surface area contributed by atoms with E-state index in [1.807, 2.05) is 0 Å². The maximum absolute atomic E-state index is 4.46. The largest absolute Gasteiger partial charge is 0.332 e. The van der Waals surface area contributed by atoms with E-state index in [4.69, 9.17) is 0 Å². The summed E-state index contributed by atoms with van der Waals surface area (Å²) in [5, 5.41) is 3.47. The van der Waals surface area contributed by atoms with Crippen LogP contribution >= 0.6 is 0 Å². The molecule has 20 heavy (non-hydrogen) atoms. The lowest BCUT2D eigenvalue weighted by molar-refractivity contribution is 0.235. The molecule has 3 heterocycles. The normalized spacial score (nSPS) is 27.0. The van der Waals surface area contributed by atoms with Gasteiger partial charge in [0.15, 0.2) is 0 Å². The van der Waals surface area contributed by atoms with E-state index < -0.39 is 0 Å². The fraction of sp³-hybridized carbons (Fsp3) is 0.812. The molecule has 4 heteroatoms. The van der Waals surface area contributed by atoms with Crippen molar-refractivity contribution in [3.8, 4) is 0 Å². The van der Waals surface area contributed by atoms with E-state index in [2.05, 4.69) is 46.1 Å². The van der Waals surface area contributed by atoms with Crippen molar-refractivity contribution in [2.24, 2.45) is 0 Å². The number of likely N-dealkylation sites (tertiary alicyclic amines) is 1. The van der Waals surface area contributed by atoms with Crippen molar-refractivity contribution in [3.05, 3.63) is 18.2 Å². The second-order valence-electron chi connectivity index (χ2n) is 6.67. The van der Waals surface area contributed by atoms with E-state index >= 15 is 0 Å². The standard InChI is InChI=1S/C16H28N4/c1-3-19-10-4-5-14(19)12-20-13-18-11-15(20)16(2)6-8-17-9-7-16/h11,13-14,17H,3-10,12H2,1-2H3. The zero-order chi connectivity index (χ0) is 14.0. The molecule has 0 aliphatic carbocycles. The van der Waals surface area contributed by atoms with Crippen molar-refractivity contribution in [3.63, 3.8) is 0 Å². The molecular weight excluding hydrogens is 248 g/mol. The fourth-order valence-electron chi connectivity index (χ4n) is 3.95. The first-order valence-corrected chi connectivity index (χ1v) is 8.18. The highest BCUT2D eigenvalue weighted by atomic mass is 15.2. The van der Waals surface area contributed by atoms with E-state index in [0.29, 0.717) is 11.5 Å². The SMILES string of the molecule is CCN1CCCC1Cn1cncc1C1(C)CCNCC1. The lowest BCUT2D eigenvalue weighted by Crippen LogP contribution is -2.40. The van der Waals surface area contributed by atoms with Crippen molar-refractivity contribution in [1.82, 2.24) is 19.8 Å². The third kappa shape index (κ3) is 2.63. The van der Waals surface area contributed by atoms with Crippen LogP contribution in [-0.4, -0.2) is 46.7 Å². The molecular formula is C16H28N4. The molecule has 0 amide bonds. The van der Waals surface area contributed by atoms with Gasteiger partial charge in [-0.05, 0) is 51.9 Å². The van der Waals surface area contributed by atoms with Crippen LogP contribution < -0.4 is 5.32 Å². The molecule has 1 aromatic heterocycles. The molecule has 1 aromatic rings. The van der Waals surface area contributed by atoms with Crippen molar-refractivity contribution in [1.29, 1.82) is 0 Å².